The van der Waals surface area contributed by atoms with Crippen LogP contribution in [0.4, 0.5) is 0 Å². The van der Waals surface area contributed by atoms with E-state index in [1.165, 1.54) is 0 Å². The number of carbonyl (C=O) groups is 1. The molecule has 0 bridgehead atoms. The van der Waals surface area contributed by atoms with E-state index in [1.807, 2.05) is 13.2 Å². The quantitative estimate of drug-likeness (QED) is 0.778. The molecule has 1 amide bonds. The topological polar surface area (TPSA) is 33.2 Å². The fraction of sp³-hybridized carbons (Fsp3) is 0.455. The molecule has 0 aromatic carbocycles. The first kappa shape index (κ1) is 13.3. The van der Waals surface area contributed by atoms with Gasteiger partial charge in [0.15, 0.2) is 0 Å². The lowest BCUT2D eigenvalue weighted by Gasteiger charge is -2.16. The SMILES string of the molecule is CSCCN(C)C(=O)c1cc(C)nc(Cl)c1. The van der Waals surface area contributed by atoms with E-state index in [4.69, 9.17) is 11.6 Å². The Kier molecular flexibility index (Phi) is 5.09. The van der Waals surface area contributed by atoms with Crippen LogP contribution >= 0.6 is 23.4 Å². The minimum Gasteiger partial charge on any atom is -0.341 e. The van der Waals surface area contributed by atoms with Gasteiger partial charge in [-0.3, -0.25) is 4.79 Å². The van der Waals surface area contributed by atoms with Gasteiger partial charge < -0.3 is 4.90 Å². The first-order valence-electron chi connectivity index (χ1n) is 4.93. The van der Waals surface area contributed by atoms with Gasteiger partial charge in [-0.1, -0.05) is 11.6 Å². The van der Waals surface area contributed by atoms with Crippen LogP contribution in [0.25, 0.3) is 0 Å². The number of nitrogens with zero attached hydrogens (tertiary/aromatic N) is 2. The molecule has 0 atom stereocenters. The number of hydrogen-bond acceptors (Lipinski definition) is 3. The molecular weight excluding hydrogens is 244 g/mol. The van der Waals surface area contributed by atoms with Gasteiger partial charge in [-0.05, 0) is 25.3 Å². The number of hydrogen-bond donors (Lipinski definition) is 0. The Bertz CT molecular complexity index is 364. The van der Waals surface area contributed by atoms with E-state index in [9.17, 15) is 4.79 Å². The molecule has 1 heterocycles. The molecule has 5 heteroatoms. The Morgan fingerprint density at radius 1 is 1.56 bits per heavy atom. The second-order valence-electron chi connectivity index (χ2n) is 3.54. The van der Waals surface area contributed by atoms with Crippen molar-refractivity contribution in [1.82, 2.24) is 9.88 Å². The molecule has 0 aliphatic carbocycles. The van der Waals surface area contributed by atoms with Gasteiger partial charge in [0, 0.05) is 30.6 Å². The molecule has 0 fully saturated rings. The molecule has 88 valence electrons. The number of pyridine rings is 1. The summed E-state index contributed by atoms with van der Waals surface area (Å²) < 4.78 is 0. The van der Waals surface area contributed by atoms with Gasteiger partial charge in [0.1, 0.15) is 5.15 Å². The van der Waals surface area contributed by atoms with Crippen molar-refractivity contribution in [2.45, 2.75) is 6.92 Å². The molecule has 0 aliphatic rings. The van der Waals surface area contributed by atoms with Crippen LogP contribution in [-0.2, 0) is 0 Å². The van der Waals surface area contributed by atoms with Gasteiger partial charge in [0.05, 0.1) is 0 Å². The monoisotopic (exact) mass is 258 g/mol. The van der Waals surface area contributed by atoms with Gasteiger partial charge in [-0.2, -0.15) is 11.8 Å². The summed E-state index contributed by atoms with van der Waals surface area (Å²) in [6, 6.07) is 3.36. The molecule has 0 aliphatic heterocycles. The Hall–Kier alpha value is -0.740. The van der Waals surface area contributed by atoms with E-state index < -0.39 is 0 Å². The Balaban J connectivity index is 2.79. The summed E-state index contributed by atoms with van der Waals surface area (Å²) in [7, 11) is 1.79. The predicted molar refractivity (Wildman–Crippen MR) is 69.3 cm³/mol. The van der Waals surface area contributed by atoms with E-state index in [2.05, 4.69) is 4.98 Å². The smallest absolute Gasteiger partial charge is 0.253 e. The molecule has 0 spiro atoms. The van der Waals surface area contributed by atoms with Crippen LogP contribution in [0.1, 0.15) is 16.1 Å². The minimum absolute atomic E-state index is 0.0125. The number of rotatable bonds is 4. The molecule has 1 aromatic heterocycles. The van der Waals surface area contributed by atoms with Crippen molar-refractivity contribution in [2.24, 2.45) is 0 Å². The highest BCUT2D eigenvalue weighted by atomic mass is 35.5. The van der Waals surface area contributed by atoms with Crippen LogP contribution in [0.5, 0.6) is 0 Å². The van der Waals surface area contributed by atoms with E-state index in [-0.39, 0.29) is 5.91 Å². The third kappa shape index (κ3) is 3.68. The lowest BCUT2D eigenvalue weighted by Crippen LogP contribution is -2.29. The van der Waals surface area contributed by atoms with E-state index in [0.29, 0.717) is 10.7 Å². The van der Waals surface area contributed by atoms with Crippen LogP contribution in [0, 0.1) is 6.92 Å². The Morgan fingerprint density at radius 2 is 2.25 bits per heavy atom. The lowest BCUT2D eigenvalue weighted by molar-refractivity contribution is 0.0803. The van der Waals surface area contributed by atoms with Crippen LogP contribution in [0.15, 0.2) is 12.1 Å². The number of aromatic nitrogens is 1. The van der Waals surface area contributed by atoms with E-state index in [1.54, 1.807) is 35.8 Å². The maximum absolute atomic E-state index is 12.0. The van der Waals surface area contributed by atoms with Crippen LogP contribution in [0.3, 0.4) is 0 Å². The first-order valence-corrected chi connectivity index (χ1v) is 6.70. The summed E-state index contributed by atoms with van der Waals surface area (Å²) in [5, 5.41) is 0.363. The number of aryl methyl sites for hydroxylation is 1. The maximum Gasteiger partial charge on any atom is 0.253 e. The summed E-state index contributed by atoms with van der Waals surface area (Å²) >= 11 is 7.53. The molecule has 0 unspecified atom stereocenters. The average Bonchev–Trinajstić information content (AvgIpc) is 2.23. The summed E-state index contributed by atoms with van der Waals surface area (Å²) in [6.07, 6.45) is 2.02. The number of halogens is 1. The molecule has 1 aromatic rings. The fourth-order valence-corrected chi connectivity index (χ4v) is 2.01. The van der Waals surface area contributed by atoms with Gasteiger partial charge in [0.2, 0.25) is 0 Å². The highest BCUT2D eigenvalue weighted by molar-refractivity contribution is 7.98. The number of carbonyl (C=O) groups excluding carboxylic acids is 1. The zero-order chi connectivity index (χ0) is 12.1. The molecule has 0 saturated carbocycles. The largest absolute Gasteiger partial charge is 0.341 e. The molecule has 1 rings (SSSR count). The van der Waals surface area contributed by atoms with Gasteiger partial charge in [0.25, 0.3) is 5.91 Å². The van der Waals surface area contributed by atoms with Crippen LogP contribution < -0.4 is 0 Å². The van der Waals surface area contributed by atoms with Crippen molar-refractivity contribution in [1.29, 1.82) is 0 Å². The fourth-order valence-electron chi connectivity index (χ4n) is 1.30. The standard InChI is InChI=1S/C11H15ClN2OS/c1-8-6-9(7-10(12)13-8)11(15)14(2)4-5-16-3/h6-7H,4-5H2,1-3H3. The molecule has 0 radical (unpaired) electrons. The Morgan fingerprint density at radius 3 is 2.81 bits per heavy atom. The Labute approximate surface area is 105 Å². The second kappa shape index (κ2) is 6.11. The van der Waals surface area contributed by atoms with Gasteiger partial charge in [-0.25, -0.2) is 4.98 Å². The number of thioether (sulfide) groups is 1. The molecular formula is C11H15ClN2OS. The normalized spacial score (nSPS) is 10.2. The van der Waals surface area contributed by atoms with Crippen molar-refractivity contribution in [3.8, 4) is 0 Å². The zero-order valence-corrected chi connectivity index (χ0v) is 11.2. The van der Waals surface area contributed by atoms with Crippen molar-refractivity contribution in [3.05, 3.63) is 28.5 Å². The van der Waals surface area contributed by atoms with E-state index in [0.717, 1.165) is 18.0 Å². The van der Waals surface area contributed by atoms with E-state index >= 15 is 0 Å². The van der Waals surface area contributed by atoms with Crippen LogP contribution in [0.2, 0.25) is 5.15 Å². The van der Waals surface area contributed by atoms with Crippen molar-refractivity contribution in [2.75, 3.05) is 25.6 Å². The summed E-state index contributed by atoms with van der Waals surface area (Å²) in [5.41, 5.74) is 1.36. The summed E-state index contributed by atoms with van der Waals surface area (Å²) in [6.45, 7) is 2.56. The second-order valence-corrected chi connectivity index (χ2v) is 4.91. The third-order valence-corrected chi connectivity index (χ3v) is 2.93. The van der Waals surface area contributed by atoms with Crippen molar-refractivity contribution < 1.29 is 4.79 Å². The van der Waals surface area contributed by atoms with Crippen molar-refractivity contribution >= 4 is 29.3 Å². The minimum atomic E-state index is -0.0125. The predicted octanol–water partition coefficient (Wildman–Crippen LogP) is 2.48. The molecule has 0 saturated heterocycles. The van der Waals surface area contributed by atoms with Gasteiger partial charge in [-0.15, -0.1) is 0 Å². The third-order valence-electron chi connectivity index (χ3n) is 2.15. The molecule has 16 heavy (non-hydrogen) atoms. The lowest BCUT2D eigenvalue weighted by atomic mass is 10.2. The highest BCUT2D eigenvalue weighted by Gasteiger charge is 2.12. The molecule has 3 nitrogen and oxygen atoms in total. The summed E-state index contributed by atoms with van der Waals surface area (Å²) in [4.78, 5) is 17.7. The van der Waals surface area contributed by atoms with Crippen molar-refractivity contribution in [3.63, 3.8) is 0 Å². The van der Waals surface area contributed by atoms with Crippen LogP contribution in [-0.4, -0.2) is 41.4 Å². The van der Waals surface area contributed by atoms with Gasteiger partial charge >= 0.3 is 0 Å². The highest BCUT2D eigenvalue weighted by Crippen LogP contribution is 2.12. The number of amides is 1. The summed E-state index contributed by atoms with van der Waals surface area (Å²) in [5.74, 6) is 0.918. The maximum atomic E-state index is 12.0. The zero-order valence-electron chi connectivity index (χ0n) is 9.66. The average molecular weight is 259 g/mol. The molecule has 0 N–H and O–H groups in total. The first-order chi connectivity index (χ1) is 7.54.